The fraction of sp³-hybridized carbons (Fsp3) is 0.214. The number of amides is 2. The molecule has 0 bridgehead atoms. The van der Waals surface area contributed by atoms with Crippen molar-refractivity contribution in [2.45, 2.75) is 0 Å². The molecule has 0 atom stereocenters. The Morgan fingerprint density at radius 2 is 2.05 bits per heavy atom. The molecular weight excluding hydrogens is 279 g/mol. The van der Waals surface area contributed by atoms with Crippen molar-refractivity contribution in [2.24, 2.45) is 0 Å². The minimum Gasteiger partial charge on any atom is -0.454 e. The third-order valence-corrected chi connectivity index (χ3v) is 2.29. The van der Waals surface area contributed by atoms with Crippen molar-refractivity contribution in [2.75, 3.05) is 19.7 Å². The van der Waals surface area contributed by atoms with E-state index in [2.05, 4.69) is 21.9 Å². The minimum atomic E-state index is -0.770. The van der Waals surface area contributed by atoms with Crippen molar-refractivity contribution in [1.29, 1.82) is 0 Å². The molecule has 0 aromatic heterocycles. The third-order valence-electron chi connectivity index (χ3n) is 2.29. The Hall–Kier alpha value is -2.70. The van der Waals surface area contributed by atoms with E-state index in [0.717, 1.165) is 6.07 Å². The van der Waals surface area contributed by atoms with E-state index in [4.69, 9.17) is 0 Å². The zero-order valence-electron chi connectivity index (χ0n) is 11.2. The van der Waals surface area contributed by atoms with Crippen LogP contribution in [0.4, 0.5) is 4.39 Å². The van der Waals surface area contributed by atoms with Crippen molar-refractivity contribution in [1.82, 2.24) is 10.6 Å². The molecule has 1 rings (SSSR count). The molecule has 0 aliphatic rings. The number of hydrogen-bond donors (Lipinski definition) is 2. The van der Waals surface area contributed by atoms with Gasteiger partial charge in [0.25, 0.3) is 11.8 Å². The molecule has 0 radical (unpaired) electrons. The lowest BCUT2D eigenvalue weighted by Gasteiger charge is -2.06. The number of ether oxygens (including phenoxy) is 1. The first-order valence-electron chi connectivity index (χ1n) is 6.10. The predicted molar refractivity (Wildman–Crippen MR) is 72.9 cm³/mol. The molecule has 6 nitrogen and oxygen atoms in total. The number of halogens is 1. The summed E-state index contributed by atoms with van der Waals surface area (Å²) in [5.74, 6) is -2.40. The van der Waals surface area contributed by atoms with Crippen molar-refractivity contribution in [3.8, 4) is 0 Å². The third kappa shape index (κ3) is 6.33. The van der Waals surface area contributed by atoms with Crippen LogP contribution in [0.25, 0.3) is 0 Å². The molecule has 0 heterocycles. The standard InChI is InChI=1S/C14H15FN2O4/c1-2-6-16-12(18)9-21-13(19)8-17-14(20)10-4-3-5-11(15)7-10/h2-5,7H,1,6,8-9H2,(H,16,18)(H,17,20). The van der Waals surface area contributed by atoms with Gasteiger partial charge in [0.05, 0.1) is 0 Å². The highest BCUT2D eigenvalue weighted by Gasteiger charge is 2.10. The second kappa shape index (κ2) is 8.47. The fourth-order valence-electron chi connectivity index (χ4n) is 1.32. The summed E-state index contributed by atoms with van der Waals surface area (Å²) in [6, 6.07) is 5.04. The maximum atomic E-state index is 12.9. The van der Waals surface area contributed by atoms with Gasteiger partial charge in [-0.15, -0.1) is 6.58 Å². The van der Waals surface area contributed by atoms with E-state index in [1.807, 2.05) is 0 Å². The summed E-state index contributed by atoms with van der Waals surface area (Å²) in [4.78, 5) is 34.1. The minimum absolute atomic E-state index is 0.0894. The lowest BCUT2D eigenvalue weighted by atomic mass is 10.2. The van der Waals surface area contributed by atoms with E-state index in [9.17, 15) is 18.8 Å². The second-order valence-electron chi connectivity index (χ2n) is 3.95. The fourth-order valence-corrected chi connectivity index (χ4v) is 1.32. The Morgan fingerprint density at radius 3 is 2.71 bits per heavy atom. The van der Waals surface area contributed by atoms with Gasteiger partial charge < -0.3 is 15.4 Å². The van der Waals surface area contributed by atoms with E-state index in [0.29, 0.717) is 0 Å². The lowest BCUT2D eigenvalue weighted by molar-refractivity contribution is -0.147. The summed E-state index contributed by atoms with van der Waals surface area (Å²) in [6.07, 6.45) is 1.49. The lowest BCUT2D eigenvalue weighted by Crippen LogP contribution is -2.34. The molecule has 0 unspecified atom stereocenters. The number of esters is 1. The van der Waals surface area contributed by atoms with Crippen LogP contribution in [0, 0.1) is 5.82 Å². The molecule has 0 saturated heterocycles. The van der Waals surface area contributed by atoms with Gasteiger partial charge in [-0.3, -0.25) is 14.4 Å². The number of carbonyl (C=O) groups is 3. The van der Waals surface area contributed by atoms with Gasteiger partial charge in [-0.2, -0.15) is 0 Å². The quantitative estimate of drug-likeness (QED) is 0.563. The number of hydrogen-bond acceptors (Lipinski definition) is 4. The Kier molecular flexibility index (Phi) is 6.59. The molecule has 21 heavy (non-hydrogen) atoms. The number of benzene rings is 1. The molecule has 0 fully saturated rings. The summed E-state index contributed by atoms with van der Waals surface area (Å²) < 4.78 is 17.6. The Morgan fingerprint density at radius 1 is 1.29 bits per heavy atom. The van der Waals surface area contributed by atoms with Crippen LogP contribution in [-0.2, 0) is 14.3 Å². The topological polar surface area (TPSA) is 84.5 Å². The molecule has 0 spiro atoms. The highest BCUT2D eigenvalue weighted by Crippen LogP contribution is 2.02. The molecule has 2 amide bonds. The maximum Gasteiger partial charge on any atom is 0.325 e. The molecule has 0 aliphatic carbocycles. The zero-order chi connectivity index (χ0) is 15.7. The van der Waals surface area contributed by atoms with Crippen LogP contribution in [0.3, 0.4) is 0 Å². The number of nitrogens with one attached hydrogen (secondary N) is 2. The van der Waals surface area contributed by atoms with Crippen LogP contribution in [0.2, 0.25) is 0 Å². The van der Waals surface area contributed by atoms with Gasteiger partial charge in [-0.1, -0.05) is 12.1 Å². The molecule has 1 aromatic rings. The van der Waals surface area contributed by atoms with E-state index in [-0.39, 0.29) is 12.1 Å². The van der Waals surface area contributed by atoms with Crippen molar-refractivity contribution < 1.29 is 23.5 Å². The molecule has 1 aromatic carbocycles. The highest BCUT2D eigenvalue weighted by atomic mass is 19.1. The first-order chi connectivity index (χ1) is 10.0. The van der Waals surface area contributed by atoms with Crippen LogP contribution in [0.15, 0.2) is 36.9 Å². The van der Waals surface area contributed by atoms with Gasteiger partial charge in [0.1, 0.15) is 12.4 Å². The largest absolute Gasteiger partial charge is 0.454 e. The summed E-state index contributed by atoms with van der Waals surface area (Å²) >= 11 is 0. The zero-order valence-corrected chi connectivity index (χ0v) is 11.2. The second-order valence-corrected chi connectivity index (χ2v) is 3.95. The van der Waals surface area contributed by atoms with Gasteiger partial charge >= 0.3 is 5.97 Å². The number of rotatable bonds is 7. The molecular formula is C14H15FN2O4. The monoisotopic (exact) mass is 294 g/mol. The normalized spacial score (nSPS) is 9.57. The van der Waals surface area contributed by atoms with Gasteiger partial charge in [-0.05, 0) is 18.2 Å². The molecule has 7 heteroatoms. The molecule has 2 N–H and O–H groups in total. The van der Waals surface area contributed by atoms with Crippen molar-refractivity contribution in [3.05, 3.63) is 48.3 Å². The molecule has 0 aliphatic heterocycles. The predicted octanol–water partition coefficient (Wildman–Crippen LogP) is 0.401. The van der Waals surface area contributed by atoms with Crippen molar-refractivity contribution in [3.63, 3.8) is 0 Å². The highest BCUT2D eigenvalue weighted by molar-refractivity contribution is 5.96. The van der Waals surface area contributed by atoms with E-state index < -0.39 is 36.8 Å². The van der Waals surface area contributed by atoms with Gasteiger partial charge in [-0.25, -0.2) is 4.39 Å². The summed E-state index contributed by atoms with van der Waals surface area (Å²) in [7, 11) is 0. The first-order valence-corrected chi connectivity index (χ1v) is 6.10. The van der Waals surface area contributed by atoms with E-state index >= 15 is 0 Å². The van der Waals surface area contributed by atoms with E-state index in [1.54, 1.807) is 0 Å². The van der Waals surface area contributed by atoms with Gasteiger partial charge in [0, 0.05) is 12.1 Å². The summed E-state index contributed by atoms with van der Waals surface area (Å²) in [5, 5.41) is 4.69. The smallest absolute Gasteiger partial charge is 0.325 e. The van der Waals surface area contributed by atoms with Crippen LogP contribution < -0.4 is 10.6 Å². The van der Waals surface area contributed by atoms with Crippen LogP contribution in [0.1, 0.15) is 10.4 Å². The SMILES string of the molecule is C=CCNC(=O)COC(=O)CNC(=O)c1cccc(F)c1. The first kappa shape index (κ1) is 16.4. The summed E-state index contributed by atoms with van der Waals surface area (Å²) in [5.41, 5.74) is 0.0894. The van der Waals surface area contributed by atoms with Gasteiger partial charge in [0.2, 0.25) is 0 Å². The Bertz CT molecular complexity index is 546. The Balaban J connectivity index is 2.31. The molecule has 0 saturated carbocycles. The number of carbonyl (C=O) groups excluding carboxylic acids is 3. The molecule has 112 valence electrons. The average Bonchev–Trinajstić information content (AvgIpc) is 2.48. The Labute approximate surface area is 121 Å². The summed E-state index contributed by atoms with van der Waals surface area (Å²) in [6.45, 7) is 2.83. The maximum absolute atomic E-state index is 12.9. The van der Waals surface area contributed by atoms with Gasteiger partial charge in [0.15, 0.2) is 6.61 Å². The van der Waals surface area contributed by atoms with Crippen LogP contribution >= 0.6 is 0 Å². The average molecular weight is 294 g/mol. The van der Waals surface area contributed by atoms with Crippen molar-refractivity contribution >= 4 is 17.8 Å². The van der Waals surface area contributed by atoms with Crippen LogP contribution in [0.5, 0.6) is 0 Å². The van der Waals surface area contributed by atoms with Crippen LogP contribution in [-0.4, -0.2) is 37.5 Å². The van der Waals surface area contributed by atoms with E-state index in [1.165, 1.54) is 24.3 Å².